The number of hydrogen-bond donors (Lipinski definition) is 0. The van der Waals surface area contributed by atoms with Gasteiger partial charge in [-0.1, -0.05) is 173 Å². The standard InChI is InChI=1S/C83H99B2N3O/c1-73(2,3)47-21-26-64-62(37-47)82(19)28-27-48-46-83(82,20)88(64)51-40-65-68-66(41-51)87(50-23-25-55-61(39-50)81(48,18)36-35-75(55,6)7)70-53-43-58-60(80(16,17)34-32-78(58,12)13)45-67(53)89-72(70)85(68)71-69(52-42-57-59(44-63(52)84-71)79(14,15)33-31-77(57,10)11)86(65)49-22-24-54-56(38-49)76(8,9)30-29-74(54,4)5/h21-26,37-45,48,84H,27-36,46H2,1-20H3. The van der Waals surface area contributed by atoms with E-state index in [0.29, 0.717) is 5.92 Å². The molecule has 10 aliphatic rings. The number of hydrogen-bond acceptors (Lipinski definition) is 4. The van der Waals surface area contributed by atoms with Crippen LogP contribution in [0.5, 0.6) is 0 Å². The van der Waals surface area contributed by atoms with Crippen LogP contribution in [0.1, 0.15) is 270 Å². The molecule has 4 nitrogen and oxygen atoms in total. The van der Waals surface area contributed by atoms with Crippen molar-refractivity contribution in [2.45, 2.75) is 269 Å². The molecule has 5 aliphatic carbocycles. The molecule has 1 aromatic heterocycles. The highest BCUT2D eigenvalue weighted by Crippen LogP contribution is 2.67. The van der Waals surface area contributed by atoms with Gasteiger partial charge in [0.15, 0.2) is 7.28 Å². The minimum atomic E-state index is -0.241. The van der Waals surface area contributed by atoms with Crippen LogP contribution in [0.15, 0.2) is 101 Å². The summed E-state index contributed by atoms with van der Waals surface area (Å²) < 4.78 is 8.05. The molecule has 0 amide bonds. The smallest absolute Gasteiger partial charge is 0.284 e. The van der Waals surface area contributed by atoms with Gasteiger partial charge in [0.1, 0.15) is 5.58 Å². The summed E-state index contributed by atoms with van der Waals surface area (Å²) >= 11 is 0. The second-order valence-electron chi connectivity index (χ2n) is 37.2. The number of nitrogens with zero attached hydrogens (tertiary/aromatic N) is 3. The van der Waals surface area contributed by atoms with Crippen molar-refractivity contribution in [1.29, 1.82) is 0 Å². The van der Waals surface area contributed by atoms with E-state index in [1.165, 1.54) is 157 Å². The van der Waals surface area contributed by atoms with Crippen LogP contribution < -0.4 is 31.3 Å². The molecule has 6 bridgehead atoms. The van der Waals surface area contributed by atoms with E-state index >= 15 is 0 Å². The average Bonchev–Trinajstić information content (AvgIpc) is 1.57. The van der Waals surface area contributed by atoms with Crippen molar-refractivity contribution < 1.29 is 4.42 Å². The van der Waals surface area contributed by atoms with Crippen molar-refractivity contribution in [3.63, 3.8) is 0 Å². The second kappa shape index (κ2) is 17.0. The molecule has 5 aliphatic heterocycles. The third-order valence-electron chi connectivity index (χ3n) is 27.8. The first kappa shape index (κ1) is 57.1. The van der Waals surface area contributed by atoms with Crippen molar-refractivity contribution in [2.75, 3.05) is 14.7 Å². The van der Waals surface area contributed by atoms with Crippen LogP contribution in [-0.4, -0.2) is 19.5 Å². The summed E-state index contributed by atoms with van der Waals surface area (Å²) in [6, 6.07) is 39.5. The van der Waals surface area contributed by atoms with Crippen molar-refractivity contribution in [1.82, 2.24) is 0 Å². The maximum Gasteiger partial charge on any atom is 0.284 e. The fourth-order valence-corrected chi connectivity index (χ4v) is 21.1. The minimum absolute atomic E-state index is 0.0144. The van der Waals surface area contributed by atoms with Gasteiger partial charge < -0.3 is 19.1 Å². The van der Waals surface area contributed by atoms with E-state index in [9.17, 15) is 0 Å². The Morgan fingerprint density at radius 3 is 1.61 bits per heavy atom. The number of fused-ring (bicyclic) bond motifs is 20. The largest absolute Gasteiger partial charge is 0.468 e. The van der Waals surface area contributed by atoms with Crippen molar-refractivity contribution >= 4 is 87.1 Å². The van der Waals surface area contributed by atoms with Crippen LogP contribution in [0.25, 0.3) is 16.7 Å². The van der Waals surface area contributed by atoms with Crippen molar-refractivity contribution in [3.05, 3.63) is 158 Å². The van der Waals surface area contributed by atoms with Gasteiger partial charge in [0, 0.05) is 50.6 Å². The normalized spacial score (nSPS) is 28.1. The Morgan fingerprint density at radius 1 is 0.472 bits per heavy atom. The van der Waals surface area contributed by atoms with Gasteiger partial charge in [0.25, 0.3) is 6.71 Å². The van der Waals surface area contributed by atoms with E-state index in [1.54, 1.807) is 16.7 Å². The first-order valence-electron chi connectivity index (χ1n) is 35.1. The molecule has 89 heavy (non-hydrogen) atoms. The van der Waals surface area contributed by atoms with Crippen LogP contribution in [0.3, 0.4) is 0 Å². The van der Waals surface area contributed by atoms with Crippen LogP contribution in [0, 0.1) is 5.92 Å². The fourth-order valence-electron chi connectivity index (χ4n) is 21.1. The summed E-state index contributed by atoms with van der Waals surface area (Å²) in [7, 11) is 0.881. The molecule has 6 heteroatoms. The summed E-state index contributed by atoms with van der Waals surface area (Å²) in [5, 5.41) is 2.74. The van der Waals surface area contributed by atoms with Gasteiger partial charge in [-0.2, -0.15) is 0 Å². The van der Waals surface area contributed by atoms with Gasteiger partial charge in [0.2, 0.25) is 0 Å². The molecule has 6 aromatic carbocycles. The van der Waals surface area contributed by atoms with E-state index in [1.807, 2.05) is 0 Å². The third kappa shape index (κ3) is 7.28. The Balaban J connectivity index is 1.05. The molecule has 0 saturated heterocycles. The highest BCUT2D eigenvalue weighted by Gasteiger charge is 2.63. The minimum Gasteiger partial charge on any atom is -0.468 e. The summed E-state index contributed by atoms with van der Waals surface area (Å²) in [6.45, 7) is 50.4. The van der Waals surface area contributed by atoms with Gasteiger partial charge in [-0.25, -0.2) is 0 Å². The third-order valence-corrected chi connectivity index (χ3v) is 27.8. The van der Waals surface area contributed by atoms with Crippen molar-refractivity contribution in [2.24, 2.45) is 5.92 Å². The lowest BCUT2D eigenvalue weighted by Gasteiger charge is -2.58. The quantitative estimate of drug-likeness (QED) is 0.153. The highest BCUT2D eigenvalue weighted by atomic mass is 16.3. The fraction of sp³-hybridized carbons (Fsp3) is 0.518. The lowest BCUT2D eigenvalue weighted by atomic mass is 9.28. The Morgan fingerprint density at radius 2 is 0.989 bits per heavy atom. The molecular weight excluding hydrogens is 1080 g/mol. The molecule has 4 unspecified atom stereocenters. The summed E-state index contributed by atoms with van der Waals surface area (Å²) in [5.74, 6) is 0.483. The Labute approximate surface area is 535 Å². The van der Waals surface area contributed by atoms with E-state index in [-0.39, 0.29) is 66.4 Å². The van der Waals surface area contributed by atoms with Gasteiger partial charge in [-0.15, -0.1) is 0 Å². The molecule has 1 fully saturated rings. The molecule has 0 radical (unpaired) electrons. The molecule has 17 rings (SSSR count). The molecule has 6 heterocycles. The van der Waals surface area contributed by atoms with Gasteiger partial charge >= 0.3 is 0 Å². The van der Waals surface area contributed by atoms with Crippen LogP contribution in [0.4, 0.5) is 39.8 Å². The van der Waals surface area contributed by atoms with Crippen LogP contribution in [-0.2, 0) is 54.1 Å². The zero-order valence-corrected chi connectivity index (χ0v) is 58.1. The lowest BCUT2D eigenvalue weighted by molar-refractivity contribution is 0.0840. The Kier molecular flexibility index (Phi) is 10.9. The van der Waals surface area contributed by atoms with Gasteiger partial charge in [-0.05, 0) is 260 Å². The first-order valence-corrected chi connectivity index (χ1v) is 35.1. The topological polar surface area (TPSA) is 22.9 Å². The van der Waals surface area contributed by atoms with E-state index in [2.05, 4.69) is 244 Å². The van der Waals surface area contributed by atoms with Crippen LogP contribution >= 0.6 is 0 Å². The maximum atomic E-state index is 8.05. The zero-order valence-electron chi connectivity index (χ0n) is 58.1. The van der Waals surface area contributed by atoms with Gasteiger partial charge in [-0.3, -0.25) is 0 Å². The van der Waals surface area contributed by atoms with Crippen LogP contribution in [0.2, 0.25) is 0 Å². The van der Waals surface area contributed by atoms with Gasteiger partial charge in [0.05, 0.1) is 16.9 Å². The summed E-state index contributed by atoms with van der Waals surface area (Å²) in [4.78, 5) is 8.61. The zero-order chi connectivity index (χ0) is 62.6. The summed E-state index contributed by atoms with van der Waals surface area (Å²) in [5.41, 5.74) is 32.0. The molecule has 7 aromatic rings. The van der Waals surface area contributed by atoms with E-state index in [4.69, 9.17) is 4.42 Å². The SMILES string of the molecule is CC(C)(C)c1ccc2c(c1)C1(C)CCC3CC1(C)N2c1cc2c4c(c1)N(c1ccc5c(c1)C3(C)CCC5(C)C)c1c(oc3cc5c(cc13)C(C)(C)CCC5(C)C)B4C1=C(c3cc4c(cc3B1)C(C)(C)CCC4(C)C)N2c1ccc2c(c1)C(C)(C)CCC2(C)C. The average molecular weight is 1180 g/mol. The van der Waals surface area contributed by atoms with E-state index in [0.717, 1.165) is 44.2 Å². The maximum absolute atomic E-state index is 8.05. The number of anilines is 7. The molecular formula is C83H99B2N3O. The second-order valence-corrected chi connectivity index (χ2v) is 37.2. The number of furan rings is 1. The molecule has 0 spiro atoms. The summed E-state index contributed by atoms with van der Waals surface area (Å²) in [6.07, 6.45) is 12.9. The number of rotatable bonds is 1. The van der Waals surface area contributed by atoms with Crippen molar-refractivity contribution in [3.8, 4) is 0 Å². The Bertz CT molecular complexity index is 4390. The van der Waals surface area contributed by atoms with E-state index < -0.39 is 0 Å². The Hall–Kier alpha value is -5.87. The predicted octanol–water partition coefficient (Wildman–Crippen LogP) is 19.6. The molecule has 4 atom stereocenters. The first-order chi connectivity index (χ1) is 41.5. The monoisotopic (exact) mass is 1180 g/mol. The molecule has 458 valence electrons. The lowest BCUT2D eigenvalue weighted by Crippen LogP contribution is -2.59. The number of benzene rings is 6. The molecule has 0 N–H and O–H groups in total. The highest BCUT2D eigenvalue weighted by molar-refractivity contribution is 7.05. The molecule has 1 saturated carbocycles. The predicted molar refractivity (Wildman–Crippen MR) is 380 cm³/mol.